The topological polar surface area (TPSA) is 38.3 Å². The highest BCUT2D eigenvalue weighted by atomic mass is 16.5. The highest BCUT2D eigenvalue weighted by Crippen LogP contribution is 2.45. The number of amides is 1. The van der Waals surface area contributed by atoms with Crippen molar-refractivity contribution in [3.8, 4) is 0 Å². The molecule has 1 saturated carbocycles. The van der Waals surface area contributed by atoms with Gasteiger partial charge in [0.05, 0.1) is 19.3 Å². The second kappa shape index (κ2) is 2.98. The van der Waals surface area contributed by atoms with E-state index in [0.29, 0.717) is 12.5 Å². The Morgan fingerprint density at radius 1 is 1.46 bits per heavy atom. The summed E-state index contributed by atoms with van der Waals surface area (Å²) in [6.07, 6.45) is 2.08. The Hall–Kier alpha value is -0.570. The molecule has 0 spiro atoms. The van der Waals surface area contributed by atoms with Gasteiger partial charge in [0.15, 0.2) is 0 Å². The van der Waals surface area contributed by atoms with Gasteiger partial charge >= 0.3 is 0 Å². The fourth-order valence-corrected chi connectivity index (χ4v) is 1.60. The average Bonchev–Trinajstić information content (AvgIpc) is 2.72. The molecule has 1 N–H and O–H groups in total. The van der Waals surface area contributed by atoms with Crippen LogP contribution in [-0.2, 0) is 9.53 Å². The van der Waals surface area contributed by atoms with Crippen LogP contribution in [0.25, 0.3) is 0 Å². The Bertz CT molecular complexity index is 223. The maximum atomic E-state index is 11.7. The van der Waals surface area contributed by atoms with E-state index in [4.69, 9.17) is 4.74 Å². The highest BCUT2D eigenvalue weighted by molar-refractivity contribution is 5.85. The van der Waals surface area contributed by atoms with Crippen LogP contribution in [0, 0.1) is 11.3 Å². The lowest BCUT2D eigenvalue weighted by atomic mass is 10.0. The summed E-state index contributed by atoms with van der Waals surface area (Å²) in [6, 6.07) is 0.241. The van der Waals surface area contributed by atoms with E-state index < -0.39 is 0 Å². The fraction of sp³-hybridized carbons (Fsp3) is 0.900. The zero-order valence-corrected chi connectivity index (χ0v) is 8.30. The summed E-state index contributed by atoms with van der Waals surface area (Å²) in [7, 11) is 0. The van der Waals surface area contributed by atoms with Crippen molar-refractivity contribution in [1.82, 2.24) is 5.32 Å². The summed E-state index contributed by atoms with van der Waals surface area (Å²) >= 11 is 0. The Kier molecular flexibility index (Phi) is 2.06. The average molecular weight is 183 g/mol. The van der Waals surface area contributed by atoms with Gasteiger partial charge in [0.2, 0.25) is 5.91 Å². The zero-order valence-electron chi connectivity index (χ0n) is 8.30. The summed E-state index contributed by atoms with van der Waals surface area (Å²) in [5, 5.41) is 3.07. The first kappa shape index (κ1) is 9.00. The van der Waals surface area contributed by atoms with Gasteiger partial charge in [-0.15, -0.1) is 0 Å². The fourth-order valence-electron chi connectivity index (χ4n) is 1.60. The van der Waals surface area contributed by atoms with E-state index in [-0.39, 0.29) is 17.4 Å². The molecule has 1 aliphatic carbocycles. The van der Waals surface area contributed by atoms with E-state index in [1.165, 1.54) is 0 Å². The van der Waals surface area contributed by atoms with Gasteiger partial charge in [0, 0.05) is 11.3 Å². The minimum atomic E-state index is -0.0533. The Labute approximate surface area is 78.8 Å². The van der Waals surface area contributed by atoms with Gasteiger partial charge in [-0.3, -0.25) is 4.79 Å². The number of rotatable bonds is 2. The van der Waals surface area contributed by atoms with Crippen molar-refractivity contribution in [1.29, 1.82) is 0 Å². The first-order valence-electron chi connectivity index (χ1n) is 5.00. The zero-order chi connectivity index (χ0) is 9.47. The van der Waals surface area contributed by atoms with E-state index in [9.17, 15) is 4.79 Å². The molecule has 2 aliphatic rings. The van der Waals surface area contributed by atoms with Crippen LogP contribution in [0.1, 0.15) is 26.7 Å². The van der Waals surface area contributed by atoms with E-state index in [2.05, 4.69) is 12.2 Å². The van der Waals surface area contributed by atoms with Crippen molar-refractivity contribution in [2.45, 2.75) is 32.7 Å². The molecule has 1 aliphatic heterocycles. The molecule has 1 saturated heterocycles. The maximum absolute atomic E-state index is 11.7. The summed E-state index contributed by atoms with van der Waals surface area (Å²) < 4.78 is 5.29. The van der Waals surface area contributed by atoms with Gasteiger partial charge in [-0.25, -0.2) is 0 Å². The number of hydrogen-bond acceptors (Lipinski definition) is 2. The van der Waals surface area contributed by atoms with Crippen LogP contribution in [0.3, 0.4) is 0 Å². The Morgan fingerprint density at radius 2 is 2.15 bits per heavy atom. The largest absolute Gasteiger partial charge is 0.379 e. The van der Waals surface area contributed by atoms with E-state index in [1.54, 1.807) is 0 Å². The first-order valence-corrected chi connectivity index (χ1v) is 5.00. The molecule has 2 atom stereocenters. The van der Waals surface area contributed by atoms with Crippen molar-refractivity contribution in [2.75, 3.05) is 13.2 Å². The predicted octanol–water partition coefficient (Wildman–Crippen LogP) is 0.938. The molecule has 0 aromatic heterocycles. The van der Waals surface area contributed by atoms with Crippen LogP contribution in [0.2, 0.25) is 0 Å². The molecule has 2 rings (SSSR count). The van der Waals surface area contributed by atoms with Crippen molar-refractivity contribution >= 4 is 5.91 Å². The van der Waals surface area contributed by atoms with Gasteiger partial charge in [-0.2, -0.15) is 0 Å². The summed E-state index contributed by atoms with van der Waals surface area (Å²) in [6.45, 7) is 5.61. The van der Waals surface area contributed by atoms with E-state index in [0.717, 1.165) is 19.4 Å². The highest BCUT2D eigenvalue weighted by Gasteiger charge is 2.46. The van der Waals surface area contributed by atoms with Crippen molar-refractivity contribution < 1.29 is 9.53 Å². The van der Waals surface area contributed by atoms with Crippen LogP contribution in [-0.4, -0.2) is 25.2 Å². The molecule has 2 unspecified atom stereocenters. The third kappa shape index (κ3) is 1.70. The van der Waals surface area contributed by atoms with Gasteiger partial charge in [0.1, 0.15) is 0 Å². The van der Waals surface area contributed by atoms with E-state index in [1.807, 2.05) is 6.92 Å². The van der Waals surface area contributed by atoms with Crippen molar-refractivity contribution in [3.63, 3.8) is 0 Å². The van der Waals surface area contributed by atoms with Gasteiger partial charge in [0.25, 0.3) is 0 Å². The lowest BCUT2D eigenvalue weighted by molar-refractivity contribution is -0.126. The van der Waals surface area contributed by atoms with Crippen molar-refractivity contribution in [2.24, 2.45) is 11.3 Å². The summed E-state index contributed by atoms with van der Waals surface area (Å²) in [4.78, 5) is 11.7. The molecule has 74 valence electrons. The van der Waals surface area contributed by atoms with Crippen LogP contribution >= 0.6 is 0 Å². The Balaban J connectivity index is 1.87. The monoisotopic (exact) mass is 183 g/mol. The normalized spacial score (nSPS) is 35.8. The standard InChI is InChI=1S/C10H17NO2/c1-7-5-13-6-8(7)11-9(12)10(2)3-4-10/h7-8H,3-6H2,1-2H3,(H,11,12). The predicted molar refractivity (Wildman–Crippen MR) is 49.3 cm³/mol. The maximum Gasteiger partial charge on any atom is 0.226 e. The first-order chi connectivity index (χ1) is 6.12. The summed E-state index contributed by atoms with van der Waals surface area (Å²) in [5.74, 6) is 0.682. The molecule has 3 heteroatoms. The lowest BCUT2D eigenvalue weighted by Gasteiger charge is -2.17. The Morgan fingerprint density at radius 3 is 2.62 bits per heavy atom. The quantitative estimate of drug-likeness (QED) is 0.692. The molecular formula is C10H17NO2. The molecule has 1 heterocycles. The molecule has 0 bridgehead atoms. The van der Waals surface area contributed by atoms with Gasteiger partial charge in [-0.05, 0) is 12.8 Å². The number of nitrogens with one attached hydrogen (secondary N) is 1. The van der Waals surface area contributed by atoms with Crippen molar-refractivity contribution in [3.05, 3.63) is 0 Å². The van der Waals surface area contributed by atoms with Gasteiger partial charge < -0.3 is 10.1 Å². The van der Waals surface area contributed by atoms with Crippen LogP contribution in [0.5, 0.6) is 0 Å². The molecule has 1 amide bonds. The number of carbonyl (C=O) groups excluding carboxylic acids is 1. The van der Waals surface area contributed by atoms with Crippen LogP contribution < -0.4 is 5.32 Å². The second-order valence-electron chi connectivity index (χ2n) is 4.66. The molecular weight excluding hydrogens is 166 g/mol. The summed E-state index contributed by atoms with van der Waals surface area (Å²) in [5.41, 5.74) is -0.0533. The molecule has 13 heavy (non-hydrogen) atoms. The third-order valence-electron chi connectivity index (χ3n) is 3.23. The SMILES string of the molecule is CC1COCC1NC(=O)C1(C)CC1. The van der Waals surface area contributed by atoms with Gasteiger partial charge in [-0.1, -0.05) is 13.8 Å². The molecule has 0 radical (unpaired) electrons. The number of ether oxygens (including phenoxy) is 1. The second-order valence-corrected chi connectivity index (χ2v) is 4.66. The molecule has 0 aromatic carbocycles. The minimum absolute atomic E-state index is 0.0533. The van der Waals surface area contributed by atoms with E-state index >= 15 is 0 Å². The minimum Gasteiger partial charge on any atom is -0.379 e. The molecule has 3 nitrogen and oxygen atoms in total. The van der Waals surface area contributed by atoms with Crippen LogP contribution in [0.4, 0.5) is 0 Å². The number of hydrogen-bond donors (Lipinski definition) is 1. The van der Waals surface area contributed by atoms with Crippen LogP contribution in [0.15, 0.2) is 0 Å². The number of carbonyl (C=O) groups is 1. The third-order valence-corrected chi connectivity index (χ3v) is 3.23. The molecule has 2 fully saturated rings. The smallest absolute Gasteiger partial charge is 0.226 e. The molecule has 0 aromatic rings. The lowest BCUT2D eigenvalue weighted by Crippen LogP contribution is -2.42.